The van der Waals surface area contributed by atoms with E-state index in [0.29, 0.717) is 28.5 Å². The summed E-state index contributed by atoms with van der Waals surface area (Å²) in [4.78, 5) is 24.4. The fourth-order valence-corrected chi connectivity index (χ4v) is 3.21. The van der Waals surface area contributed by atoms with Crippen LogP contribution in [-0.2, 0) is 9.59 Å². The summed E-state index contributed by atoms with van der Waals surface area (Å²) in [7, 11) is 3.03. The van der Waals surface area contributed by atoms with Crippen LogP contribution in [0, 0.1) is 13.8 Å². The van der Waals surface area contributed by atoms with Gasteiger partial charge in [0.15, 0.2) is 18.1 Å². The number of benzene rings is 3. The number of amides is 2. The molecule has 0 spiro atoms. The van der Waals surface area contributed by atoms with Gasteiger partial charge in [-0.3, -0.25) is 9.59 Å². The molecule has 3 aromatic carbocycles. The third-order valence-electron chi connectivity index (χ3n) is 5.29. The zero-order valence-electron chi connectivity index (χ0n) is 20.8. The molecule has 9 nitrogen and oxygen atoms in total. The van der Waals surface area contributed by atoms with Crippen molar-refractivity contribution in [3.63, 3.8) is 0 Å². The number of aryl methyl sites for hydroxylation is 2. The second-order valence-corrected chi connectivity index (χ2v) is 7.89. The van der Waals surface area contributed by atoms with E-state index < -0.39 is 0 Å². The van der Waals surface area contributed by atoms with Crippen molar-refractivity contribution in [2.75, 3.05) is 38.0 Å². The number of carbonyl (C=O) groups excluding carboxylic acids is 2. The van der Waals surface area contributed by atoms with Crippen molar-refractivity contribution in [2.24, 2.45) is 5.10 Å². The molecule has 0 aromatic heterocycles. The number of hydrogen-bond acceptors (Lipinski definition) is 7. The normalized spacial score (nSPS) is 10.6. The molecule has 3 rings (SSSR count). The summed E-state index contributed by atoms with van der Waals surface area (Å²) in [5, 5.41) is 9.81. The predicted octanol–water partition coefficient (Wildman–Crippen LogP) is 3.90. The molecule has 188 valence electrons. The molecule has 0 saturated carbocycles. The minimum atomic E-state index is -0.343. The second kappa shape index (κ2) is 12.8. The van der Waals surface area contributed by atoms with Gasteiger partial charge in [0, 0.05) is 5.69 Å². The van der Waals surface area contributed by atoms with E-state index in [1.807, 2.05) is 38.1 Å². The van der Waals surface area contributed by atoms with E-state index >= 15 is 0 Å². The first-order chi connectivity index (χ1) is 17.4. The van der Waals surface area contributed by atoms with Gasteiger partial charge >= 0.3 is 0 Å². The van der Waals surface area contributed by atoms with Crippen LogP contribution in [0.25, 0.3) is 0 Å². The van der Waals surface area contributed by atoms with Gasteiger partial charge in [0.2, 0.25) is 0 Å². The lowest BCUT2D eigenvalue weighted by Crippen LogP contribution is -2.25. The van der Waals surface area contributed by atoms with Gasteiger partial charge in [0.05, 0.1) is 32.7 Å². The zero-order chi connectivity index (χ0) is 25.9. The number of rotatable bonds is 11. The molecule has 0 saturated heterocycles. The van der Waals surface area contributed by atoms with Gasteiger partial charge in [-0.2, -0.15) is 5.10 Å². The number of carbonyl (C=O) groups is 2. The molecule has 0 unspecified atom stereocenters. The minimum Gasteiger partial charge on any atom is -0.495 e. The standard InChI is InChI=1S/C27H30N4O5/c1-18-9-11-21(13-19(18)2)28-16-26(32)31-29-15-20-10-12-24(25(14-20)35-4)36-17-27(33)30-22-7-5-6-8-23(22)34-3/h5-15,28H,16-17H2,1-4H3,(H,30,33)(H,31,32)/b29-15-. The van der Waals surface area contributed by atoms with Crippen LogP contribution in [0.4, 0.5) is 11.4 Å². The second-order valence-electron chi connectivity index (χ2n) is 7.89. The number of anilines is 2. The molecule has 9 heteroatoms. The summed E-state index contributed by atoms with van der Waals surface area (Å²) in [6.07, 6.45) is 1.49. The Bertz CT molecular complexity index is 1240. The number of nitrogens with one attached hydrogen (secondary N) is 3. The summed E-state index contributed by atoms with van der Waals surface area (Å²) in [5.41, 5.74) is 6.93. The van der Waals surface area contributed by atoms with Crippen molar-refractivity contribution in [3.8, 4) is 17.2 Å². The number of hydrogen-bond donors (Lipinski definition) is 3. The SMILES string of the molecule is COc1ccccc1NC(=O)COc1ccc(/C=N\NC(=O)CNc2ccc(C)c(C)c2)cc1OC. The molecular weight excluding hydrogens is 460 g/mol. The molecule has 2 amide bonds. The lowest BCUT2D eigenvalue weighted by atomic mass is 10.1. The molecule has 3 N–H and O–H groups in total. The summed E-state index contributed by atoms with van der Waals surface area (Å²) < 4.78 is 16.2. The van der Waals surface area contributed by atoms with Crippen LogP contribution in [0.1, 0.15) is 16.7 Å². The van der Waals surface area contributed by atoms with Crippen LogP contribution in [0.2, 0.25) is 0 Å². The van der Waals surface area contributed by atoms with Gasteiger partial charge in [0.1, 0.15) is 5.75 Å². The third kappa shape index (κ3) is 7.49. The lowest BCUT2D eigenvalue weighted by molar-refractivity contribution is -0.119. The van der Waals surface area contributed by atoms with Crippen molar-refractivity contribution in [1.82, 2.24) is 5.43 Å². The van der Waals surface area contributed by atoms with Crippen LogP contribution in [0.15, 0.2) is 65.8 Å². The highest BCUT2D eigenvalue weighted by Crippen LogP contribution is 2.28. The Morgan fingerprint density at radius 2 is 1.64 bits per heavy atom. The Morgan fingerprint density at radius 3 is 2.39 bits per heavy atom. The highest BCUT2D eigenvalue weighted by Gasteiger charge is 2.11. The number of para-hydroxylation sites is 2. The average Bonchev–Trinajstić information content (AvgIpc) is 2.88. The van der Waals surface area contributed by atoms with Crippen LogP contribution in [0.5, 0.6) is 17.2 Å². The van der Waals surface area contributed by atoms with Crippen molar-refractivity contribution < 1.29 is 23.8 Å². The van der Waals surface area contributed by atoms with Gasteiger partial charge < -0.3 is 24.8 Å². The number of nitrogens with zero attached hydrogens (tertiary/aromatic N) is 1. The van der Waals surface area contributed by atoms with Crippen molar-refractivity contribution >= 4 is 29.4 Å². The number of hydrazone groups is 1. The molecule has 0 radical (unpaired) electrons. The highest BCUT2D eigenvalue weighted by atomic mass is 16.5. The van der Waals surface area contributed by atoms with E-state index in [1.165, 1.54) is 26.0 Å². The molecule has 0 aliphatic carbocycles. The molecule has 0 atom stereocenters. The Kier molecular flexibility index (Phi) is 9.27. The third-order valence-corrected chi connectivity index (χ3v) is 5.29. The zero-order valence-corrected chi connectivity index (χ0v) is 20.8. The van der Waals surface area contributed by atoms with Crippen LogP contribution < -0.4 is 30.3 Å². The smallest absolute Gasteiger partial charge is 0.262 e. The molecule has 0 aliphatic heterocycles. The van der Waals surface area contributed by atoms with Crippen LogP contribution >= 0.6 is 0 Å². The number of ether oxygens (including phenoxy) is 3. The molecule has 0 heterocycles. The van der Waals surface area contributed by atoms with E-state index in [-0.39, 0.29) is 25.0 Å². The van der Waals surface area contributed by atoms with E-state index in [4.69, 9.17) is 14.2 Å². The molecular formula is C27H30N4O5. The fourth-order valence-electron chi connectivity index (χ4n) is 3.21. The van der Waals surface area contributed by atoms with Crippen LogP contribution in [0.3, 0.4) is 0 Å². The lowest BCUT2D eigenvalue weighted by Gasteiger charge is -2.12. The summed E-state index contributed by atoms with van der Waals surface area (Å²) in [5.74, 6) is 0.750. The quantitative estimate of drug-likeness (QED) is 0.278. The maximum atomic E-state index is 12.3. The van der Waals surface area contributed by atoms with E-state index in [2.05, 4.69) is 21.2 Å². The fraction of sp³-hybridized carbons (Fsp3) is 0.222. The Hall–Kier alpha value is -4.53. The van der Waals surface area contributed by atoms with Gasteiger partial charge in [-0.1, -0.05) is 18.2 Å². The van der Waals surface area contributed by atoms with Gasteiger partial charge in [0.25, 0.3) is 11.8 Å². The van der Waals surface area contributed by atoms with Crippen molar-refractivity contribution in [3.05, 3.63) is 77.4 Å². The first-order valence-corrected chi connectivity index (χ1v) is 11.3. The van der Waals surface area contributed by atoms with Gasteiger partial charge in [-0.25, -0.2) is 5.43 Å². The molecule has 36 heavy (non-hydrogen) atoms. The van der Waals surface area contributed by atoms with E-state index in [9.17, 15) is 9.59 Å². The summed E-state index contributed by atoms with van der Waals surface area (Å²) in [6, 6.07) is 18.1. The maximum Gasteiger partial charge on any atom is 0.262 e. The Labute approximate surface area is 210 Å². The van der Waals surface area contributed by atoms with Crippen LogP contribution in [-0.4, -0.2) is 45.4 Å². The summed E-state index contributed by atoms with van der Waals surface area (Å²) in [6.45, 7) is 3.93. The minimum absolute atomic E-state index is 0.0901. The first kappa shape index (κ1) is 26.1. The predicted molar refractivity (Wildman–Crippen MR) is 140 cm³/mol. The first-order valence-electron chi connectivity index (χ1n) is 11.3. The highest BCUT2D eigenvalue weighted by molar-refractivity contribution is 5.93. The summed E-state index contributed by atoms with van der Waals surface area (Å²) >= 11 is 0. The van der Waals surface area contributed by atoms with Crippen molar-refractivity contribution in [1.29, 1.82) is 0 Å². The molecule has 0 bridgehead atoms. The monoisotopic (exact) mass is 490 g/mol. The number of methoxy groups -OCH3 is 2. The molecule has 3 aromatic rings. The van der Waals surface area contributed by atoms with E-state index in [1.54, 1.807) is 36.4 Å². The molecule has 0 fully saturated rings. The topological polar surface area (TPSA) is 110 Å². The van der Waals surface area contributed by atoms with Gasteiger partial charge in [-0.05, 0) is 73.0 Å². The average molecular weight is 491 g/mol. The largest absolute Gasteiger partial charge is 0.495 e. The maximum absolute atomic E-state index is 12.3. The van der Waals surface area contributed by atoms with Crippen molar-refractivity contribution in [2.45, 2.75) is 13.8 Å². The van der Waals surface area contributed by atoms with Gasteiger partial charge in [-0.15, -0.1) is 0 Å². The van der Waals surface area contributed by atoms with E-state index in [0.717, 1.165) is 11.3 Å². The molecule has 0 aliphatic rings. The Morgan fingerprint density at radius 1 is 0.861 bits per heavy atom. The Balaban J connectivity index is 1.50.